The molecule has 0 atom stereocenters. The van der Waals surface area contributed by atoms with Crippen LogP contribution in [0.4, 0.5) is 23.4 Å². The van der Waals surface area contributed by atoms with Gasteiger partial charge in [-0.3, -0.25) is 0 Å². The Morgan fingerprint density at radius 2 is 1.87 bits per heavy atom. The first-order valence-corrected chi connectivity index (χ1v) is 7.35. The number of halogens is 4. The summed E-state index contributed by atoms with van der Waals surface area (Å²) >= 11 is 0. The van der Waals surface area contributed by atoms with E-state index in [1.165, 1.54) is 18.2 Å². The summed E-state index contributed by atoms with van der Waals surface area (Å²) < 4.78 is 50.8. The van der Waals surface area contributed by atoms with E-state index in [1.807, 2.05) is 11.0 Å². The molecule has 0 radical (unpaired) electrons. The van der Waals surface area contributed by atoms with Crippen LogP contribution >= 0.6 is 0 Å². The second-order valence-electron chi connectivity index (χ2n) is 5.58. The number of anilines is 1. The Hall–Kier alpha value is -2.18. The van der Waals surface area contributed by atoms with Crippen molar-refractivity contribution in [3.8, 4) is 0 Å². The van der Waals surface area contributed by atoms with Crippen LogP contribution in [-0.2, 0) is 12.6 Å². The van der Waals surface area contributed by atoms with Crippen molar-refractivity contribution in [2.75, 3.05) is 11.4 Å². The summed E-state index contributed by atoms with van der Waals surface area (Å²) in [5.41, 5.74) is -0.155. The van der Waals surface area contributed by atoms with Crippen molar-refractivity contribution in [1.82, 2.24) is 10.2 Å². The lowest BCUT2D eigenvalue weighted by atomic mass is 10.1. The topological polar surface area (TPSA) is 29.0 Å². The average Bonchev–Trinajstić information content (AvgIpc) is 3.32. The van der Waals surface area contributed by atoms with E-state index >= 15 is 0 Å². The third-order valence-electron chi connectivity index (χ3n) is 3.75. The van der Waals surface area contributed by atoms with Gasteiger partial charge in [-0.15, -0.1) is 10.2 Å². The number of alkyl halides is 3. The fraction of sp³-hybridized carbons (Fsp3) is 0.375. The monoisotopic (exact) mass is 325 g/mol. The van der Waals surface area contributed by atoms with E-state index in [2.05, 4.69) is 10.2 Å². The fourth-order valence-electron chi connectivity index (χ4n) is 2.44. The van der Waals surface area contributed by atoms with Crippen LogP contribution in [0.15, 0.2) is 36.4 Å². The smallest absolute Gasteiger partial charge is 0.352 e. The molecule has 1 aromatic carbocycles. The molecule has 0 aliphatic heterocycles. The molecular weight excluding hydrogens is 310 g/mol. The summed E-state index contributed by atoms with van der Waals surface area (Å²) in [7, 11) is 0. The first-order valence-electron chi connectivity index (χ1n) is 7.35. The van der Waals surface area contributed by atoms with Crippen LogP contribution in [-0.4, -0.2) is 22.8 Å². The maximum absolute atomic E-state index is 13.2. The Labute approximate surface area is 131 Å². The van der Waals surface area contributed by atoms with E-state index in [4.69, 9.17) is 0 Å². The summed E-state index contributed by atoms with van der Waals surface area (Å²) in [5, 5.41) is 6.99. The molecule has 23 heavy (non-hydrogen) atoms. The molecule has 1 aliphatic carbocycles. The summed E-state index contributed by atoms with van der Waals surface area (Å²) in [6.07, 6.45) is -1.94. The molecule has 1 aliphatic rings. The Balaban J connectivity index is 1.72. The lowest BCUT2D eigenvalue weighted by molar-refractivity contribution is -0.141. The van der Waals surface area contributed by atoms with Gasteiger partial charge in [0.2, 0.25) is 0 Å². The zero-order valence-electron chi connectivity index (χ0n) is 12.2. The van der Waals surface area contributed by atoms with Crippen LogP contribution in [0.1, 0.15) is 24.1 Å². The fourth-order valence-corrected chi connectivity index (χ4v) is 2.44. The van der Waals surface area contributed by atoms with Crippen LogP contribution in [0, 0.1) is 5.82 Å². The Morgan fingerprint density at radius 1 is 1.09 bits per heavy atom. The molecule has 7 heteroatoms. The molecule has 0 spiro atoms. The van der Waals surface area contributed by atoms with Gasteiger partial charge in [0.25, 0.3) is 0 Å². The van der Waals surface area contributed by atoms with Crippen molar-refractivity contribution < 1.29 is 17.6 Å². The molecule has 0 N–H and O–H groups in total. The van der Waals surface area contributed by atoms with Crippen molar-refractivity contribution in [3.63, 3.8) is 0 Å². The zero-order valence-corrected chi connectivity index (χ0v) is 12.2. The molecule has 1 saturated carbocycles. The van der Waals surface area contributed by atoms with Gasteiger partial charge in [0.05, 0.1) is 0 Å². The number of aromatic nitrogens is 2. The van der Waals surface area contributed by atoms with Crippen LogP contribution in [0.2, 0.25) is 0 Å². The summed E-state index contributed by atoms with van der Waals surface area (Å²) in [6, 6.07) is 8.87. The number of nitrogens with zero attached hydrogens (tertiary/aromatic N) is 3. The zero-order chi connectivity index (χ0) is 16.4. The van der Waals surface area contributed by atoms with Crippen molar-refractivity contribution >= 4 is 5.82 Å². The number of benzene rings is 1. The first kappa shape index (κ1) is 15.7. The van der Waals surface area contributed by atoms with Crippen LogP contribution in [0.25, 0.3) is 0 Å². The van der Waals surface area contributed by atoms with Gasteiger partial charge < -0.3 is 4.90 Å². The SMILES string of the molecule is Fc1cccc(CCN(c2ccc(C(F)(F)F)nn2)C2CC2)c1. The minimum absolute atomic E-state index is 0.273. The average molecular weight is 325 g/mol. The normalized spacial score (nSPS) is 14.8. The Kier molecular flexibility index (Phi) is 4.19. The highest BCUT2D eigenvalue weighted by Gasteiger charge is 2.34. The van der Waals surface area contributed by atoms with Gasteiger partial charge in [-0.25, -0.2) is 4.39 Å². The molecule has 2 aromatic rings. The van der Waals surface area contributed by atoms with E-state index in [0.717, 1.165) is 24.5 Å². The van der Waals surface area contributed by atoms with Crippen LogP contribution < -0.4 is 4.90 Å². The van der Waals surface area contributed by atoms with Gasteiger partial charge in [0, 0.05) is 12.6 Å². The van der Waals surface area contributed by atoms with E-state index in [-0.39, 0.29) is 11.9 Å². The molecule has 0 saturated heterocycles. The molecule has 122 valence electrons. The maximum atomic E-state index is 13.2. The summed E-state index contributed by atoms with van der Waals surface area (Å²) in [5.74, 6) is 0.131. The van der Waals surface area contributed by atoms with Gasteiger partial charge in [-0.05, 0) is 49.1 Å². The first-order chi connectivity index (χ1) is 10.9. The highest BCUT2D eigenvalue weighted by Crippen LogP contribution is 2.32. The van der Waals surface area contributed by atoms with Crippen LogP contribution in [0.3, 0.4) is 0 Å². The van der Waals surface area contributed by atoms with Gasteiger partial charge in [0.1, 0.15) is 5.82 Å². The molecule has 1 fully saturated rings. The Morgan fingerprint density at radius 3 is 2.43 bits per heavy atom. The molecule has 3 rings (SSSR count). The van der Waals surface area contributed by atoms with E-state index in [9.17, 15) is 17.6 Å². The lowest BCUT2D eigenvalue weighted by Crippen LogP contribution is -2.29. The second-order valence-corrected chi connectivity index (χ2v) is 5.58. The molecule has 0 amide bonds. The molecule has 1 heterocycles. The molecular formula is C16H15F4N3. The number of hydrogen-bond donors (Lipinski definition) is 0. The summed E-state index contributed by atoms with van der Waals surface area (Å²) in [4.78, 5) is 1.94. The minimum atomic E-state index is -4.49. The molecule has 3 nitrogen and oxygen atoms in total. The van der Waals surface area contributed by atoms with E-state index < -0.39 is 11.9 Å². The van der Waals surface area contributed by atoms with E-state index in [1.54, 1.807) is 6.07 Å². The number of hydrogen-bond acceptors (Lipinski definition) is 3. The highest BCUT2D eigenvalue weighted by atomic mass is 19.4. The Bertz CT molecular complexity index is 666. The van der Waals surface area contributed by atoms with Crippen molar-refractivity contribution in [1.29, 1.82) is 0 Å². The predicted octanol–water partition coefficient (Wildman–Crippen LogP) is 3.85. The van der Waals surface area contributed by atoms with Crippen molar-refractivity contribution in [3.05, 3.63) is 53.5 Å². The third kappa shape index (κ3) is 3.97. The molecule has 0 bridgehead atoms. The van der Waals surface area contributed by atoms with Gasteiger partial charge in [-0.2, -0.15) is 13.2 Å². The quantitative estimate of drug-likeness (QED) is 0.782. The minimum Gasteiger partial charge on any atom is -0.352 e. The van der Waals surface area contributed by atoms with Gasteiger partial charge >= 0.3 is 6.18 Å². The lowest BCUT2D eigenvalue weighted by Gasteiger charge is -2.23. The van der Waals surface area contributed by atoms with Gasteiger partial charge in [0.15, 0.2) is 11.5 Å². The second kappa shape index (κ2) is 6.14. The third-order valence-corrected chi connectivity index (χ3v) is 3.75. The maximum Gasteiger partial charge on any atom is 0.435 e. The predicted molar refractivity (Wildman–Crippen MR) is 77.5 cm³/mol. The van der Waals surface area contributed by atoms with Crippen molar-refractivity contribution in [2.24, 2.45) is 0 Å². The number of rotatable bonds is 5. The standard InChI is InChI=1S/C16H15F4N3/c17-12-3-1-2-11(10-12)8-9-23(13-4-5-13)15-7-6-14(21-22-15)16(18,19)20/h1-3,6-7,10,13H,4-5,8-9H2. The molecule has 1 aromatic heterocycles. The largest absolute Gasteiger partial charge is 0.435 e. The highest BCUT2D eigenvalue weighted by molar-refractivity contribution is 5.41. The van der Waals surface area contributed by atoms with Gasteiger partial charge in [-0.1, -0.05) is 12.1 Å². The molecule has 0 unspecified atom stereocenters. The van der Waals surface area contributed by atoms with Crippen molar-refractivity contribution in [2.45, 2.75) is 31.5 Å². The van der Waals surface area contributed by atoms with Crippen LogP contribution in [0.5, 0.6) is 0 Å². The summed E-state index contributed by atoms with van der Waals surface area (Å²) in [6.45, 7) is 0.564. The van der Waals surface area contributed by atoms with E-state index in [0.29, 0.717) is 18.8 Å².